The van der Waals surface area contributed by atoms with Crippen molar-refractivity contribution in [2.75, 3.05) is 19.6 Å². The monoisotopic (exact) mass is 325 g/mol. The van der Waals surface area contributed by atoms with Gasteiger partial charge < -0.3 is 9.47 Å². The van der Waals surface area contributed by atoms with E-state index in [1.807, 2.05) is 18.2 Å². The van der Waals surface area contributed by atoms with E-state index in [-0.39, 0.29) is 0 Å². The summed E-state index contributed by atoms with van der Waals surface area (Å²) in [4.78, 5) is 7.17. The second kappa shape index (κ2) is 6.55. The molecule has 0 radical (unpaired) electrons. The molecule has 1 aromatic carbocycles. The van der Waals surface area contributed by atoms with Gasteiger partial charge in [0.2, 0.25) is 0 Å². The Balaban J connectivity index is 1.81. The Morgan fingerprint density at radius 1 is 1.24 bits per heavy atom. The van der Waals surface area contributed by atoms with Crippen molar-refractivity contribution in [2.24, 2.45) is 5.92 Å². The molecule has 0 spiro atoms. The van der Waals surface area contributed by atoms with E-state index in [0.717, 1.165) is 35.0 Å². The van der Waals surface area contributed by atoms with Crippen molar-refractivity contribution in [3.8, 4) is 0 Å². The minimum absolute atomic E-state index is 0.433. The number of aromatic nitrogens is 2. The summed E-state index contributed by atoms with van der Waals surface area (Å²) in [6.07, 6.45) is 2.68. The Bertz CT molecular complexity index is 617. The number of likely N-dealkylation sites (tertiary alicyclic amines) is 1. The van der Waals surface area contributed by atoms with E-state index in [4.69, 9.17) is 23.2 Å². The van der Waals surface area contributed by atoms with E-state index in [0.29, 0.717) is 11.8 Å². The Labute approximate surface area is 135 Å². The predicted octanol–water partition coefficient (Wildman–Crippen LogP) is 4.16. The number of alkyl halides is 1. The minimum Gasteiger partial charge on any atom is -0.327 e. The highest BCUT2D eigenvalue weighted by atomic mass is 35.5. The summed E-state index contributed by atoms with van der Waals surface area (Å²) in [6, 6.07) is 5.88. The Morgan fingerprint density at radius 3 is 2.71 bits per heavy atom. The molecule has 2 aromatic rings. The van der Waals surface area contributed by atoms with Gasteiger partial charge in [-0.3, -0.25) is 0 Å². The second-order valence-electron chi connectivity index (χ2n) is 6.02. The fraction of sp³-hybridized carbons (Fsp3) is 0.562. The molecule has 1 aliphatic heterocycles. The molecule has 3 nitrogen and oxygen atoms in total. The van der Waals surface area contributed by atoms with Gasteiger partial charge in [0.1, 0.15) is 5.82 Å². The molecular weight excluding hydrogens is 305 g/mol. The van der Waals surface area contributed by atoms with Gasteiger partial charge in [0.15, 0.2) is 0 Å². The number of imidazole rings is 1. The topological polar surface area (TPSA) is 21.1 Å². The van der Waals surface area contributed by atoms with Crippen LogP contribution in [0.15, 0.2) is 18.2 Å². The van der Waals surface area contributed by atoms with E-state index >= 15 is 0 Å². The first kappa shape index (κ1) is 15.1. The number of halogens is 2. The Morgan fingerprint density at radius 2 is 2.00 bits per heavy atom. The van der Waals surface area contributed by atoms with Crippen LogP contribution in [0, 0.1) is 5.92 Å². The van der Waals surface area contributed by atoms with Crippen LogP contribution < -0.4 is 0 Å². The normalized spacial score (nSPS) is 17.7. The van der Waals surface area contributed by atoms with Crippen LogP contribution in [0.3, 0.4) is 0 Å². The molecule has 0 bridgehead atoms. The number of hydrogen-bond acceptors (Lipinski definition) is 2. The molecule has 2 heterocycles. The molecule has 3 rings (SSSR count). The SMILES string of the molecule is CC(CN1CCCC1)Cn1c(CCl)nc2cc(Cl)ccc21. The molecule has 1 fully saturated rings. The summed E-state index contributed by atoms with van der Waals surface area (Å²) >= 11 is 12.1. The molecule has 0 amide bonds. The zero-order valence-electron chi connectivity index (χ0n) is 12.4. The zero-order valence-corrected chi connectivity index (χ0v) is 13.9. The van der Waals surface area contributed by atoms with Crippen LogP contribution in [0.5, 0.6) is 0 Å². The van der Waals surface area contributed by atoms with E-state index < -0.39 is 0 Å². The molecule has 0 N–H and O–H groups in total. The number of benzene rings is 1. The third-order valence-corrected chi connectivity index (χ3v) is 4.65. The van der Waals surface area contributed by atoms with Crippen molar-refractivity contribution in [2.45, 2.75) is 32.2 Å². The molecule has 21 heavy (non-hydrogen) atoms. The molecule has 0 saturated carbocycles. The first-order valence-electron chi connectivity index (χ1n) is 7.60. The van der Waals surface area contributed by atoms with Crippen molar-refractivity contribution < 1.29 is 0 Å². The molecule has 5 heteroatoms. The predicted molar refractivity (Wildman–Crippen MR) is 89.1 cm³/mol. The van der Waals surface area contributed by atoms with Crippen molar-refractivity contribution >= 4 is 34.2 Å². The number of nitrogens with zero attached hydrogens (tertiary/aromatic N) is 3. The maximum Gasteiger partial charge on any atom is 0.124 e. The van der Waals surface area contributed by atoms with Crippen LogP contribution >= 0.6 is 23.2 Å². The summed E-state index contributed by atoms with van der Waals surface area (Å²) in [5, 5.41) is 0.721. The van der Waals surface area contributed by atoms with Gasteiger partial charge in [0, 0.05) is 18.1 Å². The van der Waals surface area contributed by atoms with Crippen molar-refractivity contribution in [3.05, 3.63) is 29.0 Å². The highest BCUT2D eigenvalue weighted by Gasteiger charge is 2.17. The van der Waals surface area contributed by atoms with E-state index in [9.17, 15) is 0 Å². The maximum absolute atomic E-state index is 6.07. The van der Waals surface area contributed by atoms with Crippen molar-refractivity contribution in [1.82, 2.24) is 14.5 Å². The summed E-state index contributed by atoms with van der Waals surface area (Å²) in [6.45, 7) is 6.89. The van der Waals surface area contributed by atoms with E-state index in [1.54, 1.807) is 0 Å². The van der Waals surface area contributed by atoms with E-state index in [1.165, 1.54) is 25.9 Å². The van der Waals surface area contributed by atoms with Crippen LogP contribution in [0.2, 0.25) is 5.02 Å². The average molecular weight is 326 g/mol. The number of fused-ring (bicyclic) bond motifs is 1. The highest BCUT2D eigenvalue weighted by Crippen LogP contribution is 2.23. The van der Waals surface area contributed by atoms with Gasteiger partial charge in [0.05, 0.1) is 16.9 Å². The van der Waals surface area contributed by atoms with Crippen molar-refractivity contribution in [3.63, 3.8) is 0 Å². The first-order valence-corrected chi connectivity index (χ1v) is 8.51. The Kier molecular flexibility index (Phi) is 4.72. The third kappa shape index (κ3) is 3.36. The summed E-state index contributed by atoms with van der Waals surface area (Å²) < 4.78 is 2.25. The lowest BCUT2D eigenvalue weighted by atomic mass is 10.1. The third-order valence-electron chi connectivity index (χ3n) is 4.17. The van der Waals surface area contributed by atoms with Gasteiger partial charge in [-0.1, -0.05) is 18.5 Å². The van der Waals surface area contributed by atoms with Gasteiger partial charge in [0.25, 0.3) is 0 Å². The lowest BCUT2D eigenvalue weighted by Crippen LogP contribution is -2.27. The molecular formula is C16H21Cl2N3. The van der Waals surface area contributed by atoms with Gasteiger partial charge in [-0.2, -0.15) is 0 Å². The Hall–Kier alpha value is -0.770. The van der Waals surface area contributed by atoms with Crippen LogP contribution in [-0.2, 0) is 12.4 Å². The van der Waals surface area contributed by atoms with Crippen LogP contribution in [0.1, 0.15) is 25.6 Å². The molecule has 1 aliphatic rings. The molecule has 1 aromatic heterocycles. The lowest BCUT2D eigenvalue weighted by Gasteiger charge is -2.21. The summed E-state index contributed by atoms with van der Waals surface area (Å²) in [5.74, 6) is 1.95. The standard InChI is InChI=1S/C16H21Cl2N3/c1-12(10-20-6-2-3-7-20)11-21-15-5-4-13(18)8-14(15)19-16(21)9-17/h4-5,8,12H,2-3,6-7,9-11H2,1H3. The van der Waals surface area contributed by atoms with Gasteiger partial charge in [-0.05, 0) is 50.0 Å². The summed E-state index contributed by atoms with van der Waals surface area (Å²) in [5.41, 5.74) is 2.06. The van der Waals surface area contributed by atoms with Crippen molar-refractivity contribution in [1.29, 1.82) is 0 Å². The summed E-state index contributed by atoms with van der Waals surface area (Å²) in [7, 11) is 0. The zero-order chi connectivity index (χ0) is 14.8. The van der Waals surface area contributed by atoms with Crippen LogP contribution in [0.25, 0.3) is 11.0 Å². The molecule has 1 saturated heterocycles. The molecule has 1 atom stereocenters. The smallest absolute Gasteiger partial charge is 0.124 e. The van der Waals surface area contributed by atoms with Gasteiger partial charge in [-0.15, -0.1) is 11.6 Å². The number of hydrogen-bond donors (Lipinski definition) is 0. The second-order valence-corrected chi connectivity index (χ2v) is 6.72. The molecule has 114 valence electrons. The lowest BCUT2D eigenvalue weighted by molar-refractivity contribution is 0.272. The highest BCUT2D eigenvalue weighted by molar-refractivity contribution is 6.31. The fourth-order valence-corrected chi connectivity index (χ4v) is 3.60. The quantitative estimate of drug-likeness (QED) is 0.769. The van der Waals surface area contributed by atoms with Crippen LogP contribution in [-0.4, -0.2) is 34.1 Å². The van der Waals surface area contributed by atoms with Crippen LogP contribution in [0.4, 0.5) is 0 Å². The minimum atomic E-state index is 0.433. The van der Waals surface area contributed by atoms with E-state index in [2.05, 4.69) is 21.4 Å². The molecule has 0 aliphatic carbocycles. The van der Waals surface area contributed by atoms with Gasteiger partial charge >= 0.3 is 0 Å². The average Bonchev–Trinajstić information content (AvgIpc) is 3.06. The molecule has 1 unspecified atom stereocenters. The fourth-order valence-electron chi connectivity index (χ4n) is 3.23. The first-order chi connectivity index (χ1) is 10.2. The van der Waals surface area contributed by atoms with Gasteiger partial charge in [-0.25, -0.2) is 4.98 Å². The number of rotatable bonds is 5. The maximum atomic E-state index is 6.07. The largest absolute Gasteiger partial charge is 0.327 e.